The third kappa shape index (κ3) is 2.93. The Hall–Kier alpha value is -1.30. The molecule has 1 atom stereocenters. The summed E-state index contributed by atoms with van der Waals surface area (Å²) in [6.07, 6.45) is 2.02. The summed E-state index contributed by atoms with van der Waals surface area (Å²) in [6, 6.07) is -0.0235. The maximum absolute atomic E-state index is 12.1. The second-order valence-electron chi connectivity index (χ2n) is 4.80. The predicted octanol–water partition coefficient (Wildman–Crippen LogP) is -0.388. The van der Waals surface area contributed by atoms with E-state index in [1.807, 2.05) is 11.8 Å². The van der Waals surface area contributed by atoms with Gasteiger partial charge >= 0.3 is 6.03 Å². The molecule has 0 saturated carbocycles. The van der Waals surface area contributed by atoms with E-state index >= 15 is 0 Å². The lowest BCUT2D eigenvalue weighted by molar-refractivity contribution is -0.134. The molecule has 0 unspecified atom stereocenters. The van der Waals surface area contributed by atoms with Gasteiger partial charge in [0.25, 0.3) is 0 Å². The van der Waals surface area contributed by atoms with E-state index in [4.69, 9.17) is 0 Å². The Morgan fingerprint density at radius 2 is 1.89 bits per heavy atom. The second-order valence-corrected chi connectivity index (χ2v) is 4.80. The molecule has 0 aromatic carbocycles. The van der Waals surface area contributed by atoms with Crippen molar-refractivity contribution in [1.82, 2.24) is 20.4 Å². The minimum absolute atomic E-state index is 0.000943. The first-order chi connectivity index (χ1) is 8.72. The number of rotatable bonds is 2. The van der Waals surface area contributed by atoms with Crippen LogP contribution in [0.4, 0.5) is 4.79 Å². The van der Waals surface area contributed by atoms with Crippen LogP contribution >= 0.6 is 0 Å². The van der Waals surface area contributed by atoms with E-state index in [0.717, 1.165) is 19.4 Å². The first kappa shape index (κ1) is 13.1. The van der Waals surface area contributed by atoms with Crippen molar-refractivity contribution in [3.8, 4) is 0 Å². The van der Waals surface area contributed by atoms with Crippen molar-refractivity contribution in [3.05, 3.63) is 0 Å². The zero-order valence-electron chi connectivity index (χ0n) is 10.9. The molecule has 2 aliphatic heterocycles. The van der Waals surface area contributed by atoms with Gasteiger partial charge in [0.1, 0.15) is 0 Å². The van der Waals surface area contributed by atoms with Crippen LogP contribution in [0.1, 0.15) is 19.8 Å². The number of carbonyl (C=O) groups is 2. The molecule has 0 bridgehead atoms. The van der Waals surface area contributed by atoms with Crippen molar-refractivity contribution < 1.29 is 9.59 Å². The Labute approximate surface area is 108 Å². The summed E-state index contributed by atoms with van der Waals surface area (Å²) in [5.74, 6) is 0.197. The van der Waals surface area contributed by atoms with Crippen molar-refractivity contribution in [2.24, 2.45) is 0 Å². The van der Waals surface area contributed by atoms with Gasteiger partial charge in [-0.3, -0.25) is 4.79 Å². The van der Waals surface area contributed by atoms with Crippen molar-refractivity contribution >= 4 is 11.9 Å². The van der Waals surface area contributed by atoms with Gasteiger partial charge in [0, 0.05) is 32.7 Å². The number of piperazine rings is 1. The van der Waals surface area contributed by atoms with E-state index in [1.165, 1.54) is 0 Å². The highest BCUT2D eigenvalue weighted by atomic mass is 16.2. The summed E-state index contributed by atoms with van der Waals surface area (Å²) in [7, 11) is 0. The molecular weight excluding hydrogens is 232 g/mol. The average molecular weight is 254 g/mol. The lowest BCUT2D eigenvalue weighted by Crippen LogP contribution is -2.55. The van der Waals surface area contributed by atoms with E-state index < -0.39 is 0 Å². The van der Waals surface area contributed by atoms with Crippen LogP contribution in [0.5, 0.6) is 0 Å². The number of nitrogens with zero attached hydrogens (tertiary/aromatic N) is 2. The highest BCUT2D eigenvalue weighted by Gasteiger charge is 2.30. The molecule has 2 saturated heterocycles. The lowest BCUT2D eigenvalue weighted by Gasteiger charge is -2.35. The van der Waals surface area contributed by atoms with E-state index in [9.17, 15) is 9.59 Å². The van der Waals surface area contributed by atoms with Crippen LogP contribution in [0.15, 0.2) is 0 Å². The fourth-order valence-electron chi connectivity index (χ4n) is 2.51. The van der Waals surface area contributed by atoms with Crippen LogP contribution in [-0.4, -0.2) is 67.0 Å². The highest BCUT2D eigenvalue weighted by molar-refractivity contribution is 5.82. The standard InChI is InChI=1S/C12H22N4O2/c1-2-13-12(18)16-8-6-15(7-9-16)11(17)10-4-3-5-14-10/h10,14H,2-9H2,1H3,(H,13,18)/t10-/m1/s1. The molecule has 0 aromatic heterocycles. The Bertz CT molecular complexity index is 307. The van der Waals surface area contributed by atoms with Gasteiger partial charge in [-0.15, -0.1) is 0 Å². The fraction of sp³-hybridized carbons (Fsp3) is 0.833. The Morgan fingerprint density at radius 1 is 1.22 bits per heavy atom. The number of amides is 3. The molecule has 0 spiro atoms. The number of hydrogen-bond acceptors (Lipinski definition) is 3. The van der Waals surface area contributed by atoms with Crippen LogP contribution in [-0.2, 0) is 4.79 Å². The lowest BCUT2D eigenvalue weighted by atomic mass is 10.2. The third-order valence-corrected chi connectivity index (χ3v) is 3.56. The quantitative estimate of drug-likeness (QED) is 0.705. The minimum atomic E-state index is -0.0245. The minimum Gasteiger partial charge on any atom is -0.338 e. The highest BCUT2D eigenvalue weighted by Crippen LogP contribution is 2.11. The maximum Gasteiger partial charge on any atom is 0.317 e. The van der Waals surface area contributed by atoms with E-state index in [0.29, 0.717) is 32.7 Å². The normalized spacial score (nSPS) is 24.2. The smallest absolute Gasteiger partial charge is 0.317 e. The van der Waals surface area contributed by atoms with Gasteiger partial charge in [-0.1, -0.05) is 0 Å². The number of urea groups is 1. The predicted molar refractivity (Wildman–Crippen MR) is 68.3 cm³/mol. The van der Waals surface area contributed by atoms with Gasteiger partial charge in [-0.25, -0.2) is 4.79 Å². The second kappa shape index (κ2) is 6.04. The van der Waals surface area contributed by atoms with Gasteiger partial charge in [0.15, 0.2) is 0 Å². The van der Waals surface area contributed by atoms with Gasteiger partial charge in [-0.05, 0) is 26.3 Å². The van der Waals surface area contributed by atoms with Crippen LogP contribution in [0.25, 0.3) is 0 Å². The Kier molecular flexibility index (Phi) is 4.41. The molecule has 2 N–H and O–H groups in total. The summed E-state index contributed by atoms with van der Waals surface area (Å²) < 4.78 is 0. The molecule has 6 heteroatoms. The van der Waals surface area contributed by atoms with Crippen LogP contribution < -0.4 is 10.6 Å². The average Bonchev–Trinajstić information content (AvgIpc) is 2.92. The van der Waals surface area contributed by atoms with Crippen LogP contribution in [0.2, 0.25) is 0 Å². The van der Waals surface area contributed by atoms with Gasteiger partial charge in [-0.2, -0.15) is 0 Å². The van der Waals surface area contributed by atoms with Crippen molar-refractivity contribution in [2.45, 2.75) is 25.8 Å². The molecule has 0 radical (unpaired) electrons. The van der Waals surface area contributed by atoms with E-state index in [2.05, 4.69) is 10.6 Å². The molecule has 102 valence electrons. The summed E-state index contributed by atoms with van der Waals surface area (Å²) in [4.78, 5) is 27.4. The Balaban J connectivity index is 1.79. The number of hydrogen-bond donors (Lipinski definition) is 2. The molecule has 6 nitrogen and oxygen atoms in total. The maximum atomic E-state index is 12.1. The van der Waals surface area contributed by atoms with Gasteiger partial charge < -0.3 is 20.4 Å². The molecule has 2 fully saturated rings. The van der Waals surface area contributed by atoms with Crippen LogP contribution in [0, 0.1) is 0 Å². The molecule has 18 heavy (non-hydrogen) atoms. The van der Waals surface area contributed by atoms with Crippen LogP contribution in [0.3, 0.4) is 0 Å². The zero-order valence-corrected chi connectivity index (χ0v) is 10.9. The van der Waals surface area contributed by atoms with Crippen molar-refractivity contribution in [1.29, 1.82) is 0 Å². The first-order valence-corrected chi connectivity index (χ1v) is 6.77. The molecule has 3 amide bonds. The van der Waals surface area contributed by atoms with Crippen molar-refractivity contribution in [3.63, 3.8) is 0 Å². The molecule has 0 aliphatic carbocycles. The SMILES string of the molecule is CCNC(=O)N1CCN(C(=O)[C@H]2CCCN2)CC1. The van der Waals surface area contributed by atoms with Gasteiger partial charge in [0.2, 0.25) is 5.91 Å². The summed E-state index contributed by atoms with van der Waals surface area (Å²) in [6.45, 7) is 6.04. The monoisotopic (exact) mass is 254 g/mol. The first-order valence-electron chi connectivity index (χ1n) is 6.77. The summed E-state index contributed by atoms with van der Waals surface area (Å²) in [5, 5.41) is 6.01. The van der Waals surface area contributed by atoms with Gasteiger partial charge in [0.05, 0.1) is 6.04 Å². The topological polar surface area (TPSA) is 64.7 Å². The molecular formula is C12H22N4O2. The fourth-order valence-corrected chi connectivity index (χ4v) is 2.51. The molecule has 2 heterocycles. The molecule has 2 aliphatic rings. The van der Waals surface area contributed by atoms with Crippen molar-refractivity contribution in [2.75, 3.05) is 39.3 Å². The van der Waals surface area contributed by atoms with E-state index in [1.54, 1.807) is 4.90 Å². The molecule has 0 aromatic rings. The third-order valence-electron chi connectivity index (χ3n) is 3.56. The zero-order chi connectivity index (χ0) is 13.0. The summed E-state index contributed by atoms with van der Waals surface area (Å²) in [5.41, 5.74) is 0. The number of carbonyl (C=O) groups excluding carboxylic acids is 2. The van der Waals surface area contributed by atoms with E-state index in [-0.39, 0.29) is 18.0 Å². The molecule has 2 rings (SSSR count). The number of nitrogens with one attached hydrogen (secondary N) is 2. The largest absolute Gasteiger partial charge is 0.338 e. The summed E-state index contributed by atoms with van der Waals surface area (Å²) >= 11 is 0. The Morgan fingerprint density at radius 3 is 2.44 bits per heavy atom.